The van der Waals surface area contributed by atoms with Crippen LogP contribution in [0.15, 0.2) is 58.4 Å². The number of thioether (sulfide) groups is 1. The number of amides is 3. The van der Waals surface area contributed by atoms with Crippen molar-refractivity contribution < 1.29 is 32.3 Å². The van der Waals surface area contributed by atoms with Gasteiger partial charge in [0.25, 0.3) is 5.91 Å². The van der Waals surface area contributed by atoms with E-state index in [1.165, 1.54) is 6.07 Å². The van der Waals surface area contributed by atoms with Gasteiger partial charge >= 0.3 is 11.0 Å². The second-order valence-corrected chi connectivity index (χ2v) is 12.2. The van der Waals surface area contributed by atoms with Gasteiger partial charge in [-0.15, -0.1) is 0 Å². The van der Waals surface area contributed by atoms with Crippen molar-refractivity contribution in [3.8, 4) is 5.75 Å². The van der Waals surface area contributed by atoms with Crippen molar-refractivity contribution in [2.45, 2.75) is 41.6 Å². The van der Waals surface area contributed by atoms with Crippen LogP contribution < -0.4 is 14.5 Å². The van der Waals surface area contributed by atoms with Crippen LogP contribution in [0.25, 0.3) is 0 Å². The van der Waals surface area contributed by atoms with Crippen molar-refractivity contribution in [2.24, 2.45) is 5.92 Å². The number of hydrogen-bond acceptors (Lipinski definition) is 7. The van der Waals surface area contributed by atoms with Crippen molar-refractivity contribution in [1.82, 2.24) is 9.88 Å². The van der Waals surface area contributed by atoms with E-state index in [-0.39, 0.29) is 23.1 Å². The number of imide groups is 1. The normalized spacial score (nSPS) is 22.5. The van der Waals surface area contributed by atoms with Gasteiger partial charge < -0.3 is 14.6 Å². The summed E-state index contributed by atoms with van der Waals surface area (Å²) in [5.74, 6) is -2.96. The summed E-state index contributed by atoms with van der Waals surface area (Å²) in [6.07, 6.45) is -1.73. The summed E-state index contributed by atoms with van der Waals surface area (Å²) in [5.41, 5.74) is -0.634. The van der Waals surface area contributed by atoms with Gasteiger partial charge in [0, 0.05) is 29.4 Å². The predicted octanol–water partition coefficient (Wildman–Crippen LogP) is 4.64. The second kappa shape index (κ2) is 10.7. The maximum Gasteiger partial charge on any atom is 0.416 e. The van der Waals surface area contributed by atoms with Crippen molar-refractivity contribution in [1.29, 1.82) is 0 Å². The molecule has 0 aliphatic carbocycles. The Morgan fingerprint density at radius 1 is 1.00 bits per heavy atom. The number of halogens is 3. The van der Waals surface area contributed by atoms with Crippen LogP contribution in [0, 0.1) is 5.92 Å². The number of alkyl halides is 3. The fourth-order valence-electron chi connectivity index (χ4n) is 5.67. The lowest BCUT2D eigenvalue weighted by Crippen LogP contribution is -2.38. The third kappa shape index (κ3) is 5.05. The van der Waals surface area contributed by atoms with Gasteiger partial charge in [0.15, 0.2) is 6.61 Å². The van der Waals surface area contributed by atoms with Gasteiger partial charge in [-0.3, -0.25) is 19.2 Å². The molecule has 0 saturated carbocycles. The van der Waals surface area contributed by atoms with Gasteiger partial charge in [-0.2, -0.15) is 13.2 Å². The zero-order chi connectivity index (χ0) is 28.9. The van der Waals surface area contributed by atoms with E-state index in [1.54, 1.807) is 29.2 Å². The zero-order valence-corrected chi connectivity index (χ0v) is 23.1. The van der Waals surface area contributed by atoms with Gasteiger partial charge in [0.2, 0.25) is 11.8 Å². The number of fused-ring (bicyclic) bond motifs is 2. The largest absolute Gasteiger partial charge is 0.483 e. The summed E-state index contributed by atoms with van der Waals surface area (Å²) in [4.78, 5) is 58.2. The first-order chi connectivity index (χ1) is 19.6. The average Bonchev–Trinajstić information content (AvgIpc) is 3.46. The molecule has 0 spiro atoms. The average molecular weight is 604 g/mol. The molecule has 0 bridgehead atoms. The van der Waals surface area contributed by atoms with E-state index < -0.39 is 40.6 Å². The van der Waals surface area contributed by atoms with Crippen molar-refractivity contribution >= 4 is 46.5 Å². The summed E-state index contributed by atoms with van der Waals surface area (Å²) in [5, 5.41) is -0.555. The van der Waals surface area contributed by atoms with Crippen molar-refractivity contribution in [3.05, 3.63) is 74.2 Å². The van der Waals surface area contributed by atoms with Gasteiger partial charge in [-0.25, -0.2) is 4.90 Å². The summed E-state index contributed by atoms with van der Waals surface area (Å²) >= 11 is 1.94. The second-order valence-electron chi connectivity index (χ2n) is 10.1. The molecule has 1 N–H and O–H groups in total. The number of aromatic nitrogens is 1. The number of benzene rings is 2. The van der Waals surface area contributed by atoms with Crippen LogP contribution in [0.1, 0.15) is 41.2 Å². The number of likely N-dealkylation sites (tertiary alicyclic amines) is 1. The highest BCUT2D eigenvalue weighted by Gasteiger charge is 2.57. The summed E-state index contributed by atoms with van der Waals surface area (Å²) < 4.78 is 46.3. The van der Waals surface area contributed by atoms with Crippen LogP contribution in [0.4, 0.5) is 18.9 Å². The molecule has 3 aromatic rings. The Balaban J connectivity index is 1.37. The Hall–Kier alpha value is -3.58. The number of ether oxygens (including phenoxy) is 1. The Morgan fingerprint density at radius 3 is 2.51 bits per heavy atom. The van der Waals surface area contributed by atoms with Crippen molar-refractivity contribution in [3.63, 3.8) is 0 Å². The highest BCUT2D eigenvalue weighted by molar-refractivity contribution is 8.00. The van der Waals surface area contributed by atoms with Crippen LogP contribution in [-0.4, -0.2) is 52.6 Å². The SMILES string of the molecule is O=C(COc1ccccc1[C@@H]1c2sc(=O)[nH]c2S[C@H]2C(=O)N(c3cccc(C(F)(F)F)c3)C(=O)[C@@H]12)N1CCCCC1. The number of hydrogen-bond donors (Lipinski definition) is 1. The molecule has 13 heteroatoms. The van der Waals surface area contributed by atoms with E-state index in [2.05, 4.69) is 4.98 Å². The molecule has 8 nitrogen and oxygen atoms in total. The van der Waals surface area contributed by atoms with E-state index in [0.717, 1.165) is 65.5 Å². The number of thiazole rings is 1. The van der Waals surface area contributed by atoms with E-state index in [9.17, 15) is 32.3 Å². The zero-order valence-electron chi connectivity index (χ0n) is 21.5. The molecule has 6 rings (SSSR count). The molecule has 2 aromatic carbocycles. The highest BCUT2D eigenvalue weighted by atomic mass is 32.2. The van der Waals surface area contributed by atoms with Crippen LogP contribution in [0.5, 0.6) is 5.75 Å². The summed E-state index contributed by atoms with van der Waals surface area (Å²) in [7, 11) is 0. The lowest BCUT2D eigenvalue weighted by atomic mass is 9.82. The maximum atomic E-state index is 13.9. The summed E-state index contributed by atoms with van der Waals surface area (Å²) in [6.45, 7) is 1.11. The van der Waals surface area contributed by atoms with Gasteiger partial charge in [-0.05, 0) is 43.5 Å². The molecular formula is C28H24F3N3O5S2. The van der Waals surface area contributed by atoms with Crippen molar-refractivity contribution in [2.75, 3.05) is 24.6 Å². The molecule has 3 amide bonds. The minimum absolute atomic E-state index is 0.161. The standard InChI is InChI=1S/C28H24F3N3O5S2/c29-28(30,31)15-7-6-8-16(13-15)34-25(36)21-20(22-24(32-27(38)41-22)40-23(21)26(34)37)17-9-2-3-10-18(17)39-14-19(35)33-11-4-1-5-12-33/h2-3,6-10,13,20-21,23H,1,4-5,11-12,14H2,(H,32,38)/t20-,21-,23+/m0/s1. The molecule has 0 radical (unpaired) electrons. The van der Waals surface area contributed by atoms with E-state index in [0.29, 0.717) is 34.3 Å². The third-order valence-electron chi connectivity index (χ3n) is 7.57. The van der Waals surface area contributed by atoms with Gasteiger partial charge in [-0.1, -0.05) is 47.4 Å². The van der Waals surface area contributed by atoms with E-state index >= 15 is 0 Å². The Morgan fingerprint density at radius 2 is 1.76 bits per heavy atom. The van der Waals surface area contributed by atoms with Gasteiger partial charge in [0.05, 0.1) is 22.2 Å². The molecular weight excluding hydrogens is 579 g/mol. The van der Waals surface area contributed by atoms with Crippen LogP contribution in [-0.2, 0) is 20.6 Å². The molecule has 214 valence electrons. The number of rotatable bonds is 5. The van der Waals surface area contributed by atoms with Gasteiger partial charge in [0.1, 0.15) is 11.0 Å². The molecule has 2 saturated heterocycles. The topological polar surface area (TPSA) is 99.8 Å². The fraction of sp³-hybridized carbons (Fsp3) is 0.357. The monoisotopic (exact) mass is 603 g/mol. The number of anilines is 1. The van der Waals surface area contributed by atoms with E-state index in [1.807, 2.05) is 0 Å². The number of nitrogens with one attached hydrogen (secondary N) is 1. The minimum Gasteiger partial charge on any atom is -0.483 e. The first kappa shape index (κ1) is 27.6. The smallest absolute Gasteiger partial charge is 0.416 e. The van der Waals surface area contributed by atoms with E-state index in [4.69, 9.17) is 4.74 Å². The van der Waals surface area contributed by atoms with Crippen LogP contribution in [0.2, 0.25) is 0 Å². The lowest BCUT2D eigenvalue weighted by molar-refractivity contribution is -0.137. The highest BCUT2D eigenvalue weighted by Crippen LogP contribution is 2.54. The molecule has 3 aliphatic heterocycles. The number of carbonyl (C=O) groups excluding carboxylic acids is 3. The maximum absolute atomic E-state index is 13.9. The molecule has 2 fully saturated rings. The number of H-pyrrole nitrogens is 1. The minimum atomic E-state index is -4.66. The lowest BCUT2D eigenvalue weighted by Gasteiger charge is -2.31. The Labute approximate surface area is 240 Å². The number of nitrogens with zero attached hydrogens (tertiary/aromatic N) is 2. The first-order valence-corrected chi connectivity index (χ1v) is 14.8. The number of piperidine rings is 1. The number of aromatic amines is 1. The Kier molecular flexibility index (Phi) is 7.18. The van der Waals surface area contributed by atoms with Crippen LogP contribution in [0.3, 0.4) is 0 Å². The fourth-order valence-corrected chi connectivity index (χ4v) is 8.18. The van der Waals surface area contributed by atoms with Crippen LogP contribution >= 0.6 is 23.1 Å². The first-order valence-electron chi connectivity index (χ1n) is 13.1. The molecule has 41 heavy (non-hydrogen) atoms. The third-order valence-corrected chi connectivity index (χ3v) is 9.97. The molecule has 1 aromatic heterocycles. The number of carbonyl (C=O) groups is 3. The Bertz CT molecular complexity index is 1580. The quantitative estimate of drug-likeness (QED) is 0.427. The molecule has 3 aliphatic rings. The molecule has 0 unspecified atom stereocenters. The molecule has 4 heterocycles. The summed E-state index contributed by atoms with van der Waals surface area (Å²) in [6, 6.07) is 10.9. The molecule has 3 atom stereocenters. The predicted molar refractivity (Wildman–Crippen MR) is 146 cm³/mol. The number of para-hydroxylation sites is 1.